The molecule has 0 spiro atoms. The van der Waals surface area contributed by atoms with Crippen molar-refractivity contribution < 1.29 is 14.6 Å². The van der Waals surface area contributed by atoms with Gasteiger partial charge in [-0.1, -0.05) is 32.1 Å². The van der Waals surface area contributed by atoms with Crippen LogP contribution < -0.4 is 0 Å². The normalized spacial score (nSPS) is 25.8. The summed E-state index contributed by atoms with van der Waals surface area (Å²) in [5, 5.41) is 8.62. The highest BCUT2D eigenvalue weighted by Crippen LogP contribution is 2.36. The molecule has 1 aliphatic heterocycles. The maximum absolute atomic E-state index is 10.5. The lowest BCUT2D eigenvalue weighted by Crippen LogP contribution is -2.17. The van der Waals surface area contributed by atoms with Gasteiger partial charge in [-0.2, -0.15) is 11.8 Å². The number of hydrogen-bond acceptors (Lipinski definition) is 3. The van der Waals surface area contributed by atoms with E-state index in [1.165, 1.54) is 62.9 Å². The molecule has 2 rings (SSSR count). The first-order valence-corrected chi connectivity index (χ1v) is 10.3. The van der Waals surface area contributed by atoms with E-state index < -0.39 is 5.97 Å². The van der Waals surface area contributed by atoms with Crippen LogP contribution in [0.5, 0.6) is 0 Å². The van der Waals surface area contributed by atoms with E-state index in [-0.39, 0.29) is 0 Å². The van der Waals surface area contributed by atoms with Crippen LogP contribution in [0.25, 0.3) is 0 Å². The lowest BCUT2D eigenvalue weighted by Gasteiger charge is -2.20. The van der Waals surface area contributed by atoms with Crippen molar-refractivity contribution in [3.05, 3.63) is 0 Å². The van der Waals surface area contributed by atoms with Crippen LogP contribution in [0.4, 0.5) is 0 Å². The second-order valence-corrected chi connectivity index (χ2v) is 8.05. The first-order valence-electron chi connectivity index (χ1n) is 9.17. The molecule has 0 bridgehead atoms. The Morgan fingerprint density at radius 3 is 2.41 bits per heavy atom. The van der Waals surface area contributed by atoms with Crippen LogP contribution in [0.2, 0.25) is 0 Å². The monoisotopic (exact) mass is 328 g/mol. The number of aliphatic carboxylic acids is 1. The van der Waals surface area contributed by atoms with Gasteiger partial charge in [0.15, 0.2) is 0 Å². The molecular formula is C18H32O3S. The number of unbranched alkanes of at least 4 members (excludes halogenated alkanes) is 3. The first-order chi connectivity index (χ1) is 10.8. The van der Waals surface area contributed by atoms with Gasteiger partial charge in [-0.05, 0) is 55.4 Å². The van der Waals surface area contributed by atoms with Crippen molar-refractivity contribution in [1.82, 2.24) is 0 Å². The molecule has 0 aromatic heterocycles. The van der Waals surface area contributed by atoms with Gasteiger partial charge in [-0.3, -0.25) is 4.79 Å². The lowest BCUT2D eigenvalue weighted by molar-refractivity contribution is -0.137. The molecular weight excluding hydrogens is 296 g/mol. The molecule has 1 aliphatic carbocycles. The largest absolute Gasteiger partial charge is 0.481 e. The quantitative estimate of drug-likeness (QED) is 0.556. The van der Waals surface area contributed by atoms with Crippen LogP contribution in [0.3, 0.4) is 0 Å². The molecule has 2 atom stereocenters. The standard InChI is InChI=1S/C18H32O3S/c19-18(20)10-4-2-1-3-7-15-13-22-14-16(15)11-12-21-17-8-5-6-9-17/h15-17H,1-14H2,(H,19,20). The fourth-order valence-corrected chi connectivity index (χ4v) is 5.38. The van der Waals surface area contributed by atoms with E-state index in [9.17, 15) is 4.79 Å². The highest BCUT2D eigenvalue weighted by molar-refractivity contribution is 7.99. The molecule has 0 aromatic carbocycles. The second-order valence-electron chi connectivity index (χ2n) is 6.97. The highest BCUT2D eigenvalue weighted by atomic mass is 32.2. The fourth-order valence-electron chi connectivity index (χ4n) is 3.76. The number of carbonyl (C=O) groups is 1. The van der Waals surface area contributed by atoms with Crippen molar-refractivity contribution in [3.63, 3.8) is 0 Å². The predicted octanol–water partition coefficient (Wildman–Crippen LogP) is 4.74. The molecule has 1 heterocycles. The number of rotatable bonds is 11. The van der Waals surface area contributed by atoms with Gasteiger partial charge in [-0.15, -0.1) is 0 Å². The number of hydrogen-bond donors (Lipinski definition) is 1. The van der Waals surface area contributed by atoms with E-state index in [0.29, 0.717) is 12.5 Å². The molecule has 2 unspecified atom stereocenters. The second kappa shape index (κ2) is 10.5. The third kappa shape index (κ3) is 6.91. The van der Waals surface area contributed by atoms with Gasteiger partial charge in [0.25, 0.3) is 0 Å². The summed E-state index contributed by atoms with van der Waals surface area (Å²) in [5.41, 5.74) is 0. The Kier molecular flexibility index (Phi) is 8.68. The van der Waals surface area contributed by atoms with Crippen molar-refractivity contribution in [1.29, 1.82) is 0 Å². The van der Waals surface area contributed by atoms with E-state index in [1.807, 2.05) is 0 Å². The Balaban J connectivity index is 1.50. The van der Waals surface area contributed by atoms with Crippen LogP contribution in [-0.4, -0.2) is 35.3 Å². The summed E-state index contributed by atoms with van der Waals surface area (Å²) >= 11 is 2.11. The molecule has 128 valence electrons. The van der Waals surface area contributed by atoms with Crippen molar-refractivity contribution in [3.8, 4) is 0 Å². The van der Waals surface area contributed by atoms with Crippen molar-refractivity contribution in [2.75, 3.05) is 18.1 Å². The molecule has 0 aromatic rings. The summed E-state index contributed by atoms with van der Waals surface area (Å²) in [6.45, 7) is 0.963. The van der Waals surface area contributed by atoms with E-state index in [0.717, 1.165) is 31.3 Å². The van der Waals surface area contributed by atoms with E-state index in [4.69, 9.17) is 9.84 Å². The summed E-state index contributed by atoms with van der Waals surface area (Å²) < 4.78 is 6.03. The lowest BCUT2D eigenvalue weighted by atomic mass is 9.88. The van der Waals surface area contributed by atoms with Crippen molar-refractivity contribution in [2.24, 2.45) is 11.8 Å². The molecule has 1 N–H and O–H groups in total. The summed E-state index contributed by atoms with van der Waals surface area (Å²) in [4.78, 5) is 10.5. The molecule has 0 amide bonds. The number of thioether (sulfide) groups is 1. The zero-order valence-electron chi connectivity index (χ0n) is 13.8. The Hall–Kier alpha value is -0.220. The smallest absolute Gasteiger partial charge is 0.303 e. The molecule has 22 heavy (non-hydrogen) atoms. The van der Waals surface area contributed by atoms with E-state index >= 15 is 0 Å². The van der Waals surface area contributed by atoms with Gasteiger partial charge in [-0.25, -0.2) is 0 Å². The van der Waals surface area contributed by atoms with Gasteiger partial charge < -0.3 is 9.84 Å². The minimum absolute atomic E-state index is 0.334. The molecule has 2 aliphatic rings. The molecule has 3 nitrogen and oxygen atoms in total. The Labute approximate surface area is 139 Å². The Morgan fingerprint density at radius 1 is 1.00 bits per heavy atom. The minimum atomic E-state index is -0.658. The van der Waals surface area contributed by atoms with Gasteiger partial charge in [0.1, 0.15) is 0 Å². The maximum atomic E-state index is 10.5. The summed E-state index contributed by atoms with van der Waals surface area (Å²) in [7, 11) is 0. The van der Waals surface area contributed by atoms with Crippen LogP contribution in [-0.2, 0) is 9.53 Å². The SMILES string of the molecule is O=C(O)CCCCCCC1CSCC1CCOC1CCCC1. The summed E-state index contributed by atoms with van der Waals surface area (Å²) in [6, 6.07) is 0. The molecule has 1 saturated heterocycles. The highest BCUT2D eigenvalue weighted by Gasteiger charge is 2.27. The topological polar surface area (TPSA) is 46.5 Å². The number of carboxylic acid groups (broad SMARTS) is 1. The number of ether oxygens (including phenoxy) is 1. The van der Waals surface area contributed by atoms with Crippen LogP contribution in [0.1, 0.15) is 70.6 Å². The number of carboxylic acids is 1. The molecule has 4 heteroatoms. The predicted molar refractivity (Wildman–Crippen MR) is 92.5 cm³/mol. The Bertz CT molecular complexity index is 315. The third-order valence-electron chi connectivity index (χ3n) is 5.19. The van der Waals surface area contributed by atoms with Crippen molar-refractivity contribution in [2.45, 2.75) is 76.7 Å². The van der Waals surface area contributed by atoms with Gasteiger partial charge >= 0.3 is 5.97 Å². The molecule has 1 saturated carbocycles. The van der Waals surface area contributed by atoms with Crippen molar-refractivity contribution >= 4 is 17.7 Å². The van der Waals surface area contributed by atoms with Gasteiger partial charge in [0.05, 0.1) is 6.10 Å². The Morgan fingerprint density at radius 2 is 1.68 bits per heavy atom. The van der Waals surface area contributed by atoms with Crippen LogP contribution in [0.15, 0.2) is 0 Å². The van der Waals surface area contributed by atoms with E-state index in [2.05, 4.69) is 11.8 Å². The maximum Gasteiger partial charge on any atom is 0.303 e. The summed E-state index contributed by atoms with van der Waals surface area (Å²) in [5.74, 6) is 3.71. The van der Waals surface area contributed by atoms with Crippen LogP contribution in [0, 0.1) is 11.8 Å². The first kappa shape index (κ1) is 18.1. The average Bonchev–Trinajstić information content (AvgIpc) is 3.14. The fraction of sp³-hybridized carbons (Fsp3) is 0.944. The van der Waals surface area contributed by atoms with Crippen LogP contribution >= 0.6 is 11.8 Å². The zero-order valence-corrected chi connectivity index (χ0v) is 14.6. The minimum Gasteiger partial charge on any atom is -0.481 e. The zero-order chi connectivity index (χ0) is 15.6. The van der Waals surface area contributed by atoms with Gasteiger partial charge in [0.2, 0.25) is 0 Å². The molecule has 0 radical (unpaired) electrons. The summed E-state index contributed by atoms with van der Waals surface area (Å²) in [6.07, 6.45) is 13.1. The molecule has 2 fully saturated rings. The average molecular weight is 329 g/mol. The van der Waals surface area contributed by atoms with Gasteiger partial charge in [0, 0.05) is 13.0 Å². The third-order valence-corrected chi connectivity index (χ3v) is 6.52. The van der Waals surface area contributed by atoms with E-state index in [1.54, 1.807) is 0 Å².